The van der Waals surface area contributed by atoms with E-state index in [1.807, 2.05) is 19.1 Å². The molecule has 90 valence electrons. The molecule has 1 heterocycles. The molecule has 0 fully saturated rings. The molecule has 0 spiro atoms. The summed E-state index contributed by atoms with van der Waals surface area (Å²) in [4.78, 5) is 0.807. The number of hydrogen-bond acceptors (Lipinski definition) is 1. The first-order valence-corrected chi connectivity index (χ1v) is 7.74. The quantitative estimate of drug-likeness (QED) is 0.537. The van der Waals surface area contributed by atoms with E-state index >= 15 is 0 Å². The lowest BCUT2D eigenvalue weighted by atomic mass is 10.1. The Kier molecular flexibility index (Phi) is 4.29. The number of rotatable bonds is 2. The molecule has 0 aliphatic heterocycles. The smallest absolute Gasteiger partial charge is 0.128 e. The lowest BCUT2D eigenvalue weighted by Gasteiger charge is -2.09. The van der Waals surface area contributed by atoms with E-state index in [2.05, 4.69) is 31.9 Å². The van der Waals surface area contributed by atoms with Crippen molar-refractivity contribution < 1.29 is 4.39 Å². The fourth-order valence-electron chi connectivity index (χ4n) is 1.48. The van der Waals surface area contributed by atoms with Crippen LogP contribution in [0.25, 0.3) is 0 Å². The SMILES string of the molecule is Cc1ccc(C(Br)c2cc(Cl)c(Br)s2)c(F)c1. The number of hydrogen-bond donors (Lipinski definition) is 0. The molecular formula is C12H8Br2ClFS. The molecule has 0 aliphatic carbocycles. The normalized spacial score (nSPS) is 12.8. The maximum absolute atomic E-state index is 13.8. The zero-order chi connectivity index (χ0) is 12.6. The highest BCUT2D eigenvalue weighted by Gasteiger charge is 2.18. The molecule has 0 nitrogen and oxygen atoms in total. The summed E-state index contributed by atoms with van der Waals surface area (Å²) in [5, 5.41) is 0.655. The zero-order valence-corrected chi connectivity index (χ0v) is 13.6. The fourth-order valence-corrected chi connectivity index (χ4v) is 4.01. The van der Waals surface area contributed by atoms with Crippen molar-refractivity contribution >= 4 is 54.8 Å². The van der Waals surface area contributed by atoms with E-state index in [0.29, 0.717) is 10.6 Å². The molecule has 0 aliphatic rings. The molecule has 0 radical (unpaired) electrons. The Morgan fingerprint density at radius 1 is 1.35 bits per heavy atom. The third-order valence-corrected chi connectivity index (χ3v) is 6.17. The van der Waals surface area contributed by atoms with Crippen LogP contribution in [-0.4, -0.2) is 0 Å². The minimum absolute atomic E-state index is 0.170. The second kappa shape index (κ2) is 5.39. The van der Waals surface area contributed by atoms with Gasteiger partial charge >= 0.3 is 0 Å². The third kappa shape index (κ3) is 2.92. The van der Waals surface area contributed by atoms with E-state index in [1.165, 1.54) is 17.4 Å². The molecule has 1 atom stereocenters. The molecule has 0 bridgehead atoms. The van der Waals surface area contributed by atoms with Crippen molar-refractivity contribution in [2.24, 2.45) is 0 Å². The van der Waals surface area contributed by atoms with E-state index < -0.39 is 0 Å². The molecule has 17 heavy (non-hydrogen) atoms. The lowest BCUT2D eigenvalue weighted by molar-refractivity contribution is 0.613. The largest absolute Gasteiger partial charge is 0.207 e. The van der Waals surface area contributed by atoms with Gasteiger partial charge in [0.25, 0.3) is 0 Å². The van der Waals surface area contributed by atoms with Crippen LogP contribution in [0.5, 0.6) is 0 Å². The topological polar surface area (TPSA) is 0 Å². The van der Waals surface area contributed by atoms with E-state index in [9.17, 15) is 4.39 Å². The van der Waals surface area contributed by atoms with Crippen LogP contribution in [0.15, 0.2) is 28.1 Å². The first kappa shape index (κ1) is 13.5. The van der Waals surface area contributed by atoms with E-state index in [4.69, 9.17) is 11.6 Å². The molecule has 0 saturated carbocycles. The molecule has 5 heteroatoms. The predicted octanol–water partition coefficient (Wildman–Crippen LogP) is 6.10. The average molecular weight is 399 g/mol. The summed E-state index contributed by atoms with van der Waals surface area (Å²) in [6, 6.07) is 7.07. The maximum Gasteiger partial charge on any atom is 0.128 e. The molecule has 0 saturated heterocycles. The van der Waals surface area contributed by atoms with Crippen LogP contribution in [0.2, 0.25) is 5.02 Å². The Labute approximate surface area is 125 Å². The molecule has 2 aromatic rings. The van der Waals surface area contributed by atoms with Gasteiger partial charge < -0.3 is 0 Å². The Morgan fingerprint density at radius 2 is 2.06 bits per heavy atom. The molecule has 1 unspecified atom stereocenters. The minimum Gasteiger partial charge on any atom is -0.207 e. The minimum atomic E-state index is -0.201. The Balaban J connectivity index is 2.39. The van der Waals surface area contributed by atoms with Gasteiger partial charge in [0.05, 0.1) is 13.6 Å². The Bertz CT molecular complexity index is 534. The van der Waals surface area contributed by atoms with Crippen LogP contribution in [0.4, 0.5) is 4.39 Å². The lowest BCUT2D eigenvalue weighted by Crippen LogP contribution is -1.94. The summed E-state index contributed by atoms with van der Waals surface area (Å²) < 4.78 is 14.7. The van der Waals surface area contributed by atoms with Crippen molar-refractivity contribution in [2.45, 2.75) is 11.8 Å². The van der Waals surface area contributed by atoms with Gasteiger partial charge in [-0.05, 0) is 40.5 Å². The van der Waals surface area contributed by atoms with Gasteiger partial charge in [-0.2, -0.15) is 0 Å². The third-order valence-electron chi connectivity index (χ3n) is 2.34. The summed E-state index contributed by atoms with van der Waals surface area (Å²) in [6.45, 7) is 1.87. The van der Waals surface area contributed by atoms with Crippen LogP contribution in [0.1, 0.15) is 20.8 Å². The first-order chi connectivity index (χ1) is 7.99. The van der Waals surface area contributed by atoms with E-state index in [-0.39, 0.29) is 10.6 Å². The standard InChI is InChI=1S/C12H8Br2ClFS/c1-6-2-3-7(9(16)4-6)11(13)10-5-8(15)12(14)17-10/h2-5,11H,1H3. The average Bonchev–Trinajstić information content (AvgIpc) is 2.58. The van der Waals surface area contributed by atoms with Gasteiger partial charge in [0, 0.05) is 10.4 Å². The number of thiophene rings is 1. The van der Waals surface area contributed by atoms with Gasteiger partial charge in [-0.25, -0.2) is 4.39 Å². The number of halogens is 4. The second-order valence-corrected chi connectivity index (χ2v) is 7.38. The van der Waals surface area contributed by atoms with Crippen LogP contribution in [0, 0.1) is 12.7 Å². The molecule has 0 N–H and O–H groups in total. The van der Waals surface area contributed by atoms with Gasteiger partial charge in [0.1, 0.15) is 5.82 Å². The van der Waals surface area contributed by atoms with Crippen LogP contribution in [-0.2, 0) is 0 Å². The van der Waals surface area contributed by atoms with Crippen LogP contribution in [0.3, 0.4) is 0 Å². The van der Waals surface area contributed by atoms with Crippen molar-refractivity contribution in [3.63, 3.8) is 0 Å². The number of aryl methyl sites for hydroxylation is 1. The summed E-state index contributed by atoms with van der Waals surface area (Å²) >= 11 is 14.3. The van der Waals surface area contributed by atoms with Crippen molar-refractivity contribution in [3.8, 4) is 0 Å². The van der Waals surface area contributed by atoms with Crippen molar-refractivity contribution in [1.82, 2.24) is 0 Å². The van der Waals surface area contributed by atoms with Gasteiger partial charge in [-0.15, -0.1) is 11.3 Å². The summed E-state index contributed by atoms with van der Waals surface area (Å²) in [5.74, 6) is -0.201. The van der Waals surface area contributed by atoms with E-state index in [0.717, 1.165) is 14.2 Å². The van der Waals surface area contributed by atoms with Crippen LogP contribution >= 0.6 is 54.8 Å². The summed E-state index contributed by atoms with van der Waals surface area (Å²) in [7, 11) is 0. The van der Waals surface area contributed by atoms with Gasteiger partial charge in [0.15, 0.2) is 0 Å². The Hall–Kier alpha value is 0.1000. The molecule has 1 aromatic heterocycles. The monoisotopic (exact) mass is 396 g/mol. The van der Waals surface area contributed by atoms with Crippen molar-refractivity contribution in [3.05, 3.63) is 54.9 Å². The first-order valence-electron chi connectivity index (χ1n) is 4.84. The molecule has 1 aromatic carbocycles. The highest BCUT2D eigenvalue weighted by atomic mass is 79.9. The number of benzene rings is 1. The molecular weight excluding hydrogens is 390 g/mol. The second-order valence-electron chi connectivity index (χ2n) is 3.66. The van der Waals surface area contributed by atoms with Crippen molar-refractivity contribution in [2.75, 3.05) is 0 Å². The summed E-state index contributed by atoms with van der Waals surface area (Å²) in [5.41, 5.74) is 1.54. The molecule has 2 rings (SSSR count). The summed E-state index contributed by atoms with van der Waals surface area (Å²) in [6.07, 6.45) is 0. The maximum atomic E-state index is 13.8. The Morgan fingerprint density at radius 3 is 2.59 bits per heavy atom. The van der Waals surface area contributed by atoms with Crippen molar-refractivity contribution in [1.29, 1.82) is 0 Å². The highest BCUT2D eigenvalue weighted by Crippen LogP contribution is 2.41. The predicted molar refractivity (Wildman–Crippen MR) is 78.9 cm³/mol. The number of alkyl halides is 1. The van der Waals surface area contributed by atoms with Gasteiger partial charge in [-0.3, -0.25) is 0 Å². The van der Waals surface area contributed by atoms with E-state index in [1.54, 1.807) is 6.07 Å². The van der Waals surface area contributed by atoms with Crippen LogP contribution < -0.4 is 0 Å². The molecule has 0 amide bonds. The highest BCUT2D eigenvalue weighted by molar-refractivity contribution is 9.11. The van der Waals surface area contributed by atoms with Gasteiger partial charge in [0.2, 0.25) is 0 Å². The zero-order valence-electron chi connectivity index (χ0n) is 8.81. The van der Waals surface area contributed by atoms with Gasteiger partial charge in [-0.1, -0.05) is 39.7 Å². The fraction of sp³-hybridized carbons (Fsp3) is 0.167.